The Morgan fingerprint density at radius 3 is 2.68 bits per heavy atom. The molecular formula is C25H28N10O9P2S. The van der Waals surface area contributed by atoms with Gasteiger partial charge in [-0.1, -0.05) is 18.8 Å². The van der Waals surface area contributed by atoms with E-state index in [1.54, 1.807) is 6.33 Å². The Bertz CT molecular complexity index is 2190. The normalized spacial score (nSPS) is 35.1. The molecule has 0 spiro atoms. The molecule has 248 valence electrons. The number of nitrogens with zero attached hydrogens (tertiary/aromatic N) is 8. The van der Waals surface area contributed by atoms with Gasteiger partial charge >= 0.3 is 14.4 Å². The molecule has 0 unspecified atom stereocenters. The van der Waals surface area contributed by atoms with Gasteiger partial charge in [-0.2, -0.15) is 0 Å². The van der Waals surface area contributed by atoms with Crippen molar-refractivity contribution in [3.63, 3.8) is 0 Å². The number of fused-ring (bicyclic) bond motifs is 6. The van der Waals surface area contributed by atoms with Gasteiger partial charge in [-0.05, 0) is 12.3 Å². The van der Waals surface area contributed by atoms with E-state index in [9.17, 15) is 19.0 Å². The van der Waals surface area contributed by atoms with Gasteiger partial charge in [0.2, 0.25) is 5.78 Å². The number of nitrogens with one attached hydrogen (secondary N) is 1. The van der Waals surface area contributed by atoms with Crippen LogP contribution in [0.15, 0.2) is 48.6 Å². The summed E-state index contributed by atoms with van der Waals surface area (Å²) in [6.45, 7) is -0.889. The number of thiol groups is 1. The lowest BCUT2D eigenvalue weighted by Gasteiger charge is -2.45. The Morgan fingerprint density at radius 1 is 1.06 bits per heavy atom. The number of hydrogen-bond acceptors (Lipinski definition) is 15. The predicted octanol–water partition coefficient (Wildman–Crippen LogP) is 2.05. The second-order valence-corrected chi connectivity index (χ2v) is 16.3. The summed E-state index contributed by atoms with van der Waals surface area (Å²) < 4.78 is 61.2. The van der Waals surface area contributed by atoms with Crippen molar-refractivity contribution in [3.05, 3.63) is 54.1 Å². The van der Waals surface area contributed by atoms with Gasteiger partial charge in [-0.25, -0.2) is 33.9 Å². The number of hydrogen-bond donors (Lipinski definition) is 4. The fourth-order valence-electron chi connectivity index (χ4n) is 6.34. The maximum absolute atomic E-state index is 14.0. The van der Waals surface area contributed by atoms with Crippen molar-refractivity contribution in [1.82, 2.24) is 43.4 Å². The summed E-state index contributed by atoms with van der Waals surface area (Å²) in [6.07, 6.45) is 2.52. The zero-order chi connectivity index (χ0) is 32.7. The van der Waals surface area contributed by atoms with Gasteiger partial charge in [-0.15, -0.1) is 0 Å². The molecule has 0 radical (unpaired) electrons. The molecule has 5 aromatic heterocycles. The first-order chi connectivity index (χ1) is 22.6. The van der Waals surface area contributed by atoms with Crippen LogP contribution >= 0.6 is 26.6 Å². The lowest BCUT2D eigenvalue weighted by molar-refractivity contribution is -0.0464. The molecule has 0 amide bonds. The molecule has 5 aromatic rings. The van der Waals surface area contributed by atoms with Crippen molar-refractivity contribution in [3.8, 4) is 0 Å². The molecule has 47 heavy (non-hydrogen) atoms. The molecule has 2 bridgehead atoms. The maximum Gasteiger partial charge on any atom is 0.386 e. The molecule has 3 aliphatic rings. The van der Waals surface area contributed by atoms with Gasteiger partial charge in [-0.3, -0.25) is 23.0 Å². The summed E-state index contributed by atoms with van der Waals surface area (Å²) >= 11 is 4.17. The summed E-state index contributed by atoms with van der Waals surface area (Å²) in [4.78, 5) is 37.1. The number of ether oxygens (including phenoxy) is 1. The average Bonchev–Trinajstić information content (AvgIpc) is 3.83. The van der Waals surface area contributed by atoms with E-state index in [-0.39, 0.29) is 53.9 Å². The number of aromatic nitrogens is 9. The second kappa shape index (κ2) is 11.3. The fourth-order valence-corrected chi connectivity index (χ4v) is 8.73. The fraction of sp³-hybridized carbons (Fsp3) is 0.440. The highest BCUT2D eigenvalue weighted by molar-refractivity contribution is 8.44. The van der Waals surface area contributed by atoms with Crippen LogP contribution in [0, 0.1) is 11.8 Å². The van der Waals surface area contributed by atoms with E-state index in [0.717, 1.165) is 5.82 Å². The van der Waals surface area contributed by atoms with Gasteiger partial charge < -0.3 is 34.2 Å². The molecule has 19 nitrogen and oxygen atoms in total. The Kier molecular flexibility index (Phi) is 7.43. The van der Waals surface area contributed by atoms with E-state index in [2.05, 4.69) is 48.7 Å². The summed E-state index contributed by atoms with van der Waals surface area (Å²) in [5, 5.41) is 11.4. The Hall–Kier alpha value is -3.45. The number of aliphatic hydroxyl groups is 1. The van der Waals surface area contributed by atoms with Gasteiger partial charge in [0.05, 0.1) is 32.5 Å². The molecule has 1 aliphatic carbocycles. The minimum absolute atomic E-state index is 0.0553. The largest absolute Gasteiger partial charge is 0.387 e. The standard InChI is InChI=1S/C25H28N10O9P2S/c1-2-45(38)40-6-12-5-14(34-10-30-16-20(26)28-9-29-21(16)34)13(12)7-41-46(39,47)42-8-15-18(36)19(44-45)24(43-15)35-11-31-17-22(35)32-25-27-3-4-33(25)23(17)37/h2-4,9-15,18-19,24,36H,1,5-8H2,(H,27,32)(H,39,47)(H2,26,28,29)/t12-,13-,14-,15-,18-,19-,24-,45+,46+/m1/s1. The minimum Gasteiger partial charge on any atom is -0.387 e. The smallest absolute Gasteiger partial charge is 0.386 e. The predicted molar refractivity (Wildman–Crippen MR) is 167 cm³/mol. The maximum atomic E-state index is 14.0. The Labute approximate surface area is 269 Å². The van der Waals surface area contributed by atoms with Gasteiger partial charge in [0.1, 0.15) is 35.8 Å². The quantitative estimate of drug-likeness (QED) is 0.155. The van der Waals surface area contributed by atoms with Crippen molar-refractivity contribution in [2.45, 2.75) is 37.0 Å². The second-order valence-electron chi connectivity index (χ2n) is 11.4. The van der Waals surface area contributed by atoms with Gasteiger partial charge in [0, 0.05) is 30.2 Å². The van der Waals surface area contributed by atoms with Crippen molar-refractivity contribution in [2.24, 2.45) is 11.8 Å². The minimum atomic E-state index is -4.08. The highest BCUT2D eigenvalue weighted by Crippen LogP contribution is 2.59. The van der Waals surface area contributed by atoms with Crippen molar-refractivity contribution >= 4 is 60.6 Å². The Morgan fingerprint density at radius 2 is 1.85 bits per heavy atom. The lowest BCUT2D eigenvalue weighted by atomic mass is 9.70. The molecule has 8 rings (SSSR count). The molecule has 1 saturated carbocycles. The van der Waals surface area contributed by atoms with Gasteiger partial charge in [0.15, 0.2) is 23.2 Å². The average molecular weight is 707 g/mol. The van der Waals surface area contributed by atoms with Crippen LogP contribution < -0.4 is 11.3 Å². The third-order valence-corrected chi connectivity index (χ3v) is 12.0. The summed E-state index contributed by atoms with van der Waals surface area (Å²) in [5.41, 5.74) is 6.75. The number of aliphatic hydroxyl groups excluding tert-OH is 1. The summed E-state index contributed by atoms with van der Waals surface area (Å²) in [7, 11) is -4.08. The Balaban J connectivity index is 1.12. The first kappa shape index (κ1) is 30.9. The van der Waals surface area contributed by atoms with Crippen LogP contribution in [0.5, 0.6) is 0 Å². The van der Waals surface area contributed by atoms with Crippen LogP contribution in [0.1, 0.15) is 18.7 Å². The van der Waals surface area contributed by atoms with E-state index >= 15 is 0 Å². The van der Waals surface area contributed by atoms with E-state index in [1.165, 1.54) is 34.0 Å². The molecule has 22 heteroatoms. The van der Waals surface area contributed by atoms with Crippen molar-refractivity contribution in [1.29, 1.82) is 0 Å². The summed E-state index contributed by atoms with van der Waals surface area (Å²) in [5.74, 6) is 0.946. The van der Waals surface area contributed by atoms with Crippen molar-refractivity contribution < 1.29 is 37.1 Å². The first-order valence-electron chi connectivity index (χ1n) is 14.4. The molecule has 0 aromatic carbocycles. The number of aromatic amines is 1. The number of rotatable bonds is 3. The topological polar surface area (TPSA) is 238 Å². The monoisotopic (exact) mass is 706 g/mol. The van der Waals surface area contributed by atoms with Crippen LogP contribution in [0.3, 0.4) is 0 Å². The van der Waals surface area contributed by atoms with Crippen LogP contribution in [0.4, 0.5) is 5.82 Å². The number of H-pyrrole nitrogens is 1. The molecule has 2 saturated heterocycles. The molecule has 4 N–H and O–H groups in total. The number of nitrogen functional groups attached to an aromatic ring is 1. The number of imidazole rings is 3. The molecule has 2 aliphatic heterocycles. The third kappa shape index (κ3) is 5.15. The van der Waals surface area contributed by atoms with E-state index in [1.807, 2.05) is 4.57 Å². The molecule has 7 heterocycles. The van der Waals surface area contributed by atoms with Crippen LogP contribution in [-0.4, -0.2) is 86.7 Å². The van der Waals surface area contributed by atoms with E-state index in [0.29, 0.717) is 17.6 Å². The highest BCUT2D eigenvalue weighted by Gasteiger charge is 2.51. The number of nitrogens with two attached hydrogens (primary N) is 1. The van der Waals surface area contributed by atoms with Crippen molar-refractivity contribution in [2.75, 3.05) is 25.6 Å². The van der Waals surface area contributed by atoms with E-state index < -0.39 is 51.1 Å². The zero-order valence-corrected chi connectivity index (χ0v) is 26.9. The molecule has 3 fully saturated rings. The van der Waals surface area contributed by atoms with Crippen LogP contribution in [-0.2, 0) is 32.0 Å². The summed E-state index contributed by atoms with van der Waals surface area (Å²) in [6, 6.07) is -0.225. The lowest BCUT2D eigenvalue weighted by Crippen LogP contribution is -2.43. The molecule has 9 atom stereocenters. The third-order valence-electron chi connectivity index (χ3n) is 8.85. The van der Waals surface area contributed by atoms with Gasteiger partial charge in [0.25, 0.3) is 5.56 Å². The molecular weight excluding hydrogens is 678 g/mol. The first-order valence-corrected chi connectivity index (χ1v) is 18.7. The SMILES string of the molecule is C=C[P@]1(=O)OC[C@H]2C[C@@H](n3cnc4c(N)ncnc43)[C@@H]2CO[P@](=O)(S)OC[C@H]2O[C@@H](n3cnc4c(=O)n5ccnc5[nH]c43)[C@H](O1)[C@@H]2O. The van der Waals surface area contributed by atoms with Crippen LogP contribution in [0.25, 0.3) is 28.1 Å². The highest BCUT2D eigenvalue weighted by atomic mass is 32.7. The zero-order valence-electron chi connectivity index (χ0n) is 24.3. The number of anilines is 1. The van der Waals surface area contributed by atoms with E-state index in [4.69, 9.17) is 28.6 Å². The van der Waals surface area contributed by atoms with Crippen LogP contribution in [0.2, 0.25) is 0 Å².